The maximum absolute atomic E-state index is 4.30. The minimum Gasteiger partial charge on any atom is -0.452 e. The normalized spacial score (nSPS) is 10.3. The molecule has 13 heavy (non-hydrogen) atoms. The van der Waals surface area contributed by atoms with E-state index < -0.39 is 0 Å². The van der Waals surface area contributed by atoms with Gasteiger partial charge in [-0.25, -0.2) is 4.98 Å². The molecule has 0 aromatic carbocycles. The van der Waals surface area contributed by atoms with Crippen LogP contribution >= 0.6 is 0 Å². The van der Waals surface area contributed by atoms with Crippen LogP contribution in [0.1, 0.15) is 5.69 Å². The maximum atomic E-state index is 4.30. The van der Waals surface area contributed by atoms with E-state index in [4.69, 9.17) is 0 Å². The lowest BCUT2D eigenvalue weighted by Gasteiger charge is -2.01. The molecule has 0 aliphatic rings. The number of aromatic nitrogens is 4. The highest BCUT2D eigenvalue weighted by atomic mass is 27.1. The Bertz CT molecular complexity index is 424. The van der Waals surface area contributed by atoms with E-state index in [9.17, 15) is 0 Å². The van der Waals surface area contributed by atoms with Gasteiger partial charge >= 0.3 is 15.4 Å². The number of anilines is 1. The Morgan fingerprint density at radius 3 is 3.08 bits per heavy atom. The van der Waals surface area contributed by atoms with Gasteiger partial charge in [-0.15, -0.1) is 0 Å². The largest absolute Gasteiger partial charge is 0.452 e. The summed E-state index contributed by atoms with van der Waals surface area (Å²) in [5.74, 6) is 2.78. The van der Waals surface area contributed by atoms with Crippen LogP contribution < -0.4 is 4.30 Å². The first-order valence-corrected chi connectivity index (χ1v) is 5.76. The van der Waals surface area contributed by atoms with Crippen molar-refractivity contribution < 1.29 is 0 Å². The van der Waals surface area contributed by atoms with Crippen molar-refractivity contribution in [3.63, 3.8) is 0 Å². The minimum absolute atomic E-state index is 0.172. The highest BCUT2D eigenvalue weighted by molar-refractivity contribution is 6.38. The summed E-state index contributed by atoms with van der Waals surface area (Å²) in [6.45, 7) is 1.95. The second kappa shape index (κ2) is 3.32. The summed E-state index contributed by atoms with van der Waals surface area (Å²) in [5, 5.41) is 7.73. The molecule has 1 radical (unpaired) electrons. The number of hydrogen-bond acceptors (Lipinski definition) is 4. The molecule has 0 unspecified atom stereocenters. The molecular formula is C7H9AlN5. The Balaban J connectivity index is 2.56. The number of H-pyrrole nitrogens is 1. The van der Waals surface area contributed by atoms with Crippen LogP contribution in [-0.2, 0) is 0 Å². The zero-order valence-electron chi connectivity index (χ0n) is 7.50. The molecule has 2 aromatic heterocycles. The zero-order valence-corrected chi connectivity index (χ0v) is 8.65. The summed E-state index contributed by atoms with van der Waals surface area (Å²) < 4.78 is 3.14. The third-order valence-corrected chi connectivity index (χ3v) is 2.32. The van der Waals surface area contributed by atoms with Gasteiger partial charge in [-0.1, -0.05) is 5.79 Å². The van der Waals surface area contributed by atoms with Crippen LogP contribution in [0, 0.1) is 6.92 Å². The Hall–Kier alpha value is -1.12. The van der Waals surface area contributed by atoms with Gasteiger partial charge in [0.2, 0.25) is 0 Å². The number of aryl methyl sites for hydroxylation is 1. The molecule has 6 heteroatoms. The molecule has 0 aliphatic heterocycles. The smallest absolute Gasteiger partial charge is 0.367 e. The molecule has 0 spiro atoms. The summed E-state index contributed by atoms with van der Waals surface area (Å²) in [5.41, 5.74) is 1.75. The summed E-state index contributed by atoms with van der Waals surface area (Å²) >= 11 is 0.172. The van der Waals surface area contributed by atoms with E-state index in [2.05, 4.69) is 30.3 Å². The van der Waals surface area contributed by atoms with Crippen molar-refractivity contribution in [1.29, 1.82) is 0 Å². The maximum Gasteiger partial charge on any atom is 0.367 e. The van der Waals surface area contributed by atoms with Gasteiger partial charge in [0, 0.05) is 0 Å². The number of nitrogens with zero attached hydrogens (tertiary/aromatic N) is 3. The molecule has 2 heterocycles. The molecule has 0 aliphatic carbocycles. The first-order valence-electron chi connectivity index (χ1n) is 4.03. The summed E-state index contributed by atoms with van der Waals surface area (Å²) in [4.78, 5) is 8.57. The molecule has 2 N–H and O–H groups in total. The van der Waals surface area contributed by atoms with Crippen LogP contribution in [0.2, 0.25) is 5.79 Å². The van der Waals surface area contributed by atoms with Gasteiger partial charge in [-0.3, -0.25) is 5.10 Å². The van der Waals surface area contributed by atoms with Gasteiger partial charge in [0.15, 0.2) is 11.6 Å². The van der Waals surface area contributed by atoms with Crippen LogP contribution in [0.4, 0.5) is 5.95 Å². The average molecular weight is 190 g/mol. The van der Waals surface area contributed by atoms with Crippen LogP contribution in [0.3, 0.4) is 0 Å². The monoisotopic (exact) mass is 190 g/mol. The molecule has 0 saturated carbocycles. The Morgan fingerprint density at radius 2 is 2.31 bits per heavy atom. The Labute approximate surface area is 81.9 Å². The summed E-state index contributed by atoms with van der Waals surface area (Å²) in [6.07, 6.45) is 1.74. The van der Waals surface area contributed by atoms with E-state index in [1.54, 1.807) is 6.20 Å². The van der Waals surface area contributed by atoms with E-state index in [0.29, 0.717) is 5.95 Å². The van der Waals surface area contributed by atoms with Gasteiger partial charge in [-0.2, -0.15) is 10.1 Å². The molecule has 0 fully saturated rings. The minimum atomic E-state index is 0.172. The first-order chi connectivity index (χ1) is 6.31. The molecule has 0 amide bonds. The molecule has 2 rings (SSSR count). The quantitative estimate of drug-likeness (QED) is 0.685. The Morgan fingerprint density at radius 1 is 1.46 bits per heavy atom. The van der Waals surface area contributed by atoms with Crippen molar-refractivity contribution in [3.8, 4) is 0 Å². The van der Waals surface area contributed by atoms with Crippen LogP contribution in [0.15, 0.2) is 6.20 Å². The van der Waals surface area contributed by atoms with Crippen molar-refractivity contribution in [2.45, 2.75) is 12.7 Å². The highest BCUT2D eigenvalue weighted by Gasteiger charge is 2.04. The predicted octanol–water partition coefficient (Wildman–Crippen LogP) is 0.741. The molecule has 5 nitrogen and oxygen atoms in total. The predicted molar refractivity (Wildman–Crippen MR) is 51.7 cm³/mol. The zero-order chi connectivity index (χ0) is 9.26. The SMILES string of the molecule is [CH3][Al][NH]c1nc(C)c2cn[nH]c2n1. The lowest BCUT2D eigenvalue weighted by molar-refractivity contribution is 1.09. The van der Waals surface area contributed by atoms with E-state index in [-0.39, 0.29) is 15.4 Å². The summed E-state index contributed by atoms with van der Waals surface area (Å²) in [6, 6.07) is 0. The second-order valence-corrected chi connectivity index (χ2v) is 3.56. The number of fused-ring (bicyclic) bond motifs is 1. The van der Waals surface area contributed by atoms with Gasteiger partial charge in [0.25, 0.3) is 0 Å². The average Bonchev–Trinajstić information content (AvgIpc) is 2.53. The molecule has 0 bridgehead atoms. The van der Waals surface area contributed by atoms with E-state index in [1.165, 1.54) is 0 Å². The number of hydrogen-bond donors (Lipinski definition) is 2. The van der Waals surface area contributed by atoms with E-state index in [0.717, 1.165) is 16.7 Å². The van der Waals surface area contributed by atoms with Gasteiger partial charge in [-0.05, 0) is 6.92 Å². The fraction of sp³-hybridized carbons (Fsp3) is 0.286. The molecule has 0 atom stereocenters. The van der Waals surface area contributed by atoms with Crippen molar-refractivity contribution in [1.82, 2.24) is 20.2 Å². The van der Waals surface area contributed by atoms with Crippen molar-refractivity contribution in [3.05, 3.63) is 11.9 Å². The van der Waals surface area contributed by atoms with Crippen molar-refractivity contribution in [2.75, 3.05) is 4.30 Å². The number of rotatable bonds is 2. The molecular weight excluding hydrogens is 181 g/mol. The number of aromatic amines is 1. The lowest BCUT2D eigenvalue weighted by atomic mass is 10.3. The third-order valence-electron chi connectivity index (χ3n) is 1.77. The van der Waals surface area contributed by atoms with E-state index >= 15 is 0 Å². The van der Waals surface area contributed by atoms with Gasteiger partial charge in [0.1, 0.15) is 0 Å². The van der Waals surface area contributed by atoms with Crippen LogP contribution in [-0.4, -0.2) is 35.6 Å². The second-order valence-electron chi connectivity index (χ2n) is 2.70. The molecule has 65 valence electrons. The van der Waals surface area contributed by atoms with E-state index in [1.807, 2.05) is 6.92 Å². The third kappa shape index (κ3) is 1.51. The lowest BCUT2D eigenvalue weighted by Crippen LogP contribution is -2.05. The van der Waals surface area contributed by atoms with Gasteiger partial charge < -0.3 is 4.30 Å². The van der Waals surface area contributed by atoms with Crippen LogP contribution in [0.25, 0.3) is 11.0 Å². The fourth-order valence-electron chi connectivity index (χ4n) is 1.17. The topological polar surface area (TPSA) is 66.5 Å². The molecule has 2 aromatic rings. The van der Waals surface area contributed by atoms with Crippen LogP contribution in [0.5, 0.6) is 0 Å². The van der Waals surface area contributed by atoms with Crippen molar-refractivity contribution in [2.24, 2.45) is 0 Å². The Kier molecular flexibility index (Phi) is 2.17. The first kappa shape index (κ1) is 8.48. The fourth-order valence-corrected chi connectivity index (χ4v) is 1.56. The van der Waals surface area contributed by atoms with Gasteiger partial charge in [0.05, 0.1) is 17.3 Å². The molecule has 0 saturated heterocycles. The van der Waals surface area contributed by atoms with Crippen molar-refractivity contribution >= 4 is 32.4 Å². The number of nitrogens with one attached hydrogen (secondary N) is 2. The summed E-state index contributed by atoms with van der Waals surface area (Å²) in [7, 11) is 0. The highest BCUT2D eigenvalue weighted by Crippen LogP contribution is 2.13. The standard InChI is InChI=1S/C6H6N5.CH3.Al/c1-3-4-2-8-11-5(4)10-6(7)9-3;;/h2H,1H3,(H2-,7,8,9,10,11);1H3;/q-1;;+1.